The average molecular weight is 459 g/mol. The monoisotopic (exact) mass is 458 g/mol. The molecular weight excluding hydrogens is 439 g/mol. The smallest absolute Gasteiger partial charge is 0.286 e. The van der Waals surface area contributed by atoms with E-state index in [4.69, 9.17) is 37.4 Å². The molecule has 1 amide bonds. The minimum atomic E-state index is -1.10. The van der Waals surface area contributed by atoms with E-state index in [2.05, 4.69) is 5.32 Å². The van der Waals surface area contributed by atoms with E-state index < -0.39 is 22.6 Å². The Morgan fingerprint density at radius 3 is 2.60 bits per heavy atom. The Kier molecular flexibility index (Phi) is 8.52. The summed E-state index contributed by atoms with van der Waals surface area (Å²) >= 11 is 11.9. The Bertz CT molecular complexity index is 924. The molecule has 0 fully saturated rings. The summed E-state index contributed by atoms with van der Waals surface area (Å²) in [5.74, 6) is -0.158. The fraction of sp³-hybridized carbons (Fsp3) is 0.316. The number of nitro groups is 1. The summed E-state index contributed by atoms with van der Waals surface area (Å²) in [4.78, 5) is 23.2. The first-order chi connectivity index (χ1) is 14.3. The second kappa shape index (κ2) is 10.9. The van der Waals surface area contributed by atoms with Gasteiger partial charge in [0, 0.05) is 12.6 Å². The normalized spacial score (nSPS) is 11.5. The molecule has 162 valence electrons. The van der Waals surface area contributed by atoms with E-state index in [1.54, 1.807) is 25.1 Å². The van der Waals surface area contributed by atoms with Crippen LogP contribution in [0.1, 0.15) is 17.3 Å². The third kappa shape index (κ3) is 5.88. The van der Waals surface area contributed by atoms with Crippen LogP contribution in [0.15, 0.2) is 30.3 Å². The molecule has 0 spiro atoms. The van der Waals surface area contributed by atoms with Gasteiger partial charge < -0.3 is 24.6 Å². The number of aliphatic hydroxyl groups excluding tert-OH is 1. The maximum absolute atomic E-state index is 12.5. The van der Waals surface area contributed by atoms with E-state index in [0.29, 0.717) is 5.02 Å². The molecule has 2 aromatic carbocycles. The maximum atomic E-state index is 12.5. The van der Waals surface area contributed by atoms with Crippen LogP contribution in [0, 0.1) is 10.1 Å². The number of amides is 1. The minimum absolute atomic E-state index is 0.131. The number of nitrogens with zero attached hydrogens (tertiary/aromatic N) is 1. The molecule has 1 atom stereocenters. The number of carbonyl (C=O) groups excluding carboxylic acids is 1. The Morgan fingerprint density at radius 2 is 1.97 bits per heavy atom. The first-order valence-electron chi connectivity index (χ1n) is 8.80. The van der Waals surface area contributed by atoms with Crippen molar-refractivity contribution in [3.63, 3.8) is 0 Å². The van der Waals surface area contributed by atoms with Crippen LogP contribution in [0.2, 0.25) is 10.0 Å². The molecule has 2 aromatic rings. The van der Waals surface area contributed by atoms with Gasteiger partial charge in [-0.25, -0.2) is 0 Å². The van der Waals surface area contributed by atoms with Crippen LogP contribution in [0.25, 0.3) is 0 Å². The molecule has 9 nitrogen and oxygen atoms in total. The van der Waals surface area contributed by atoms with Crippen LogP contribution in [-0.2, 0) is 0 Å². The summed E-state index contributed by atoms with van der Waals surface area (Å²) in [7, 11) is 1.34. The largest absolute Gasteiger partial charge is 0.493 e. The van der Waals surface area contributed by atoms with E-state index in [9.17, 15) is 20.0 Å². The number of benzene rings is 2. The van der Waals surface area contributed by atoms with Gasteiger partial charge in [-0.05, 0) is 19.1 Å². The lowest BCUT2D eigenvalue weighted by atomic mass is 10.1. The Hall–Kier alpha value is -2.75. The number of hydrogen-bond acceptors (Lipinski definition) is 7. The topological polar surface area (TPSA) is 120 Å². The highest BCUT2D eigenvalue weighted by Gasteiger charge is 2.25. The van der Waals surface area contributed by atoms with Crippen molar-refractivity contribution in [1.82, 2.24) is 5.32 Å². The molecule has 0 heterocycles. The lowest BCUT2D eigenvalue weighted by Crippen LogP contribution is -2.35. The van der Waals surface area contributed by atoms with Crippen LogP contribution >= 0.6 is 23.2 Å². The van der Waals surface area contributed by atoms with Crippen LogP contribution in [0.5, 0.6) is 17.2 Å². The predicted octanol–water partition coefficient (Wildman–Crippen LogP) is 3.48. The molecule has 0 radical (unpaired) electrons. The molecule has 0 aromatic heterocycles. The summed E-state index contributed by atoms with van der Waals surface area (Å²) in [5, 5.41) is 24.4. The zero-order valence-electron chi connectivity index (χ0n) is 16.2. The van der Waals surface area contributed by atoms with Crippen LogP contribution in [0.4, 0.5) is 5.69 Å². The summed E-state index contributed by atoms with van der Waals surface area (Å²) in [6, 6.07) is 7.14. The molecule has 0 aliphatic rings. The number of carbonyl (C=O) groups is 1. The summed E-state index contributed by atoms with van der Waals surface area (Å²) in [5.41, 5.74) is -0.681. The third-order valence-corrected chi connectivity index (χ3v) is 4.67. The third-order valence-electron chi connectivity index (χ3n) is 3.87. The zero-order valence-corrected chi connectivity index (χ0v) is 17.7. The number of nitrogens with one attached hydrogen (secondary N) is 1. The first kappa shape index (κ1) is 23.5. The van der Waals surface area contributed by atoms with Crippen LogP contribution in [0.3, 0.4) is 0 Å². The highest BCUT2D eigenvalue weighted by atomic mass is 35.5. The zero-order chi connectivity index (χ0) is 22.3. The van der Waals surface area contributed by atoms with E-state index in [0.717, 1.165) is 6.07 Å². The van der Waals surface area contributed by atoms with Gasteiger partial charge in [0.1, 0.15) is 29.0 Å². The van der Waals surface area contributed by atoms with Gasteiger partial charge in [0.2, 0.25) is 0 Å². The quantitative estimate of drug-likeness (QED) is 0.412. The second-order valence-electron chi connectivity index (χ2n) is 5.94. The number of rotatable bonds is 10. The number of halogens is 2. The Morgan fingerprint density at radius 1 is 1.23 bits per heavy atom. The highest BCUT2D eigenvalue weighted by Crippen LogP contribution is 2.35. The van der Waals surface area contributed by atoms with Crippen molar-refractivity contribution in [1.29, 1.82) is 0 Å². The SMILES string of the molecule is CCOc1cc(C(=O)NCC(O)COc2cccc(Cl)c2Cl)c([N+](=O)[O-])cc1OC. The van der Waals surface area contributed by atoms with Crippen molar-refractivity contribution in [3.8, 4) is 17.2 Å². The molecule has 1 unspecified atom stereocenters. The number of methoxy groups -OCH3 is 1. The van der Waals surface area contributed by atoms with Crippen molar-refractivity contribution in [2.75, 3.05) is 26.9 Å². The molecule has 11 heteroatoms. The Labute approximate surface area is 182 Å². The van der Waals surface area contributed by atoms with Crippen molar-refractivity contribution in [3.05, 3.63) is 56.1 Å². The van der Waals surface area contributed by atoms with Crippen molar-refractivity contribution in [2.24, 2.45) is 0 Å². The van der Waals surface area contributed by atoms with E-state index in [1.165, 1.54) is 13.2 Å². The number of hydrogen-bond donors (Lipinski definition) is 2. The van der Waals surface area contributed by atoms with Gasteiger partial charge in [-0.15, -0.1) is 0 Å². The van der Waals surface area contributed by atoms with Gasteiger partial charge in [0.05, 0.1) is 29.7 Å². The minimum Gasteiger partial charge on any atom is -0.493 e. The van der Waals surface area contributed by atoms with Crippen LogP contribution in [-0.4, -0.2) is 48.9 Å². The summed E-state index contributed by atoms with van der Waals surface area (Å²) in [6.07, 6.45) is -1.10. The highest BCUT2D eigenvalue weighted by molar-refractivity contribution is 6.42. The van der Waals surface area contributed by atoms with Crippen molar-refractivity contribution < 1.29 is 29.0 Å². The molecule has 2 rings (SSSR count). The molecule has 30 heavy (non-hydrogen) atoms. The molecular formula is C19H20Cl2N2O7. The Balaban J connectivity index is 2.06. The predicted molar refractivity (Wildman–Crippen MR) is 111 cm³/mol. The second-order valence-corrected chi connectivity index (χ2v) is 6.72. The number of ether oxygens (including phenoxy) is 3. The van der Waals surface area contributed by atoms with Crippen molar-refractivity contribution in [2.45, 2.75) is 13.0 Å². The molecule has 0 bridgehead atoms. The van der Waals surface area contributed by atoms with Crippen LogP contribution < -0.4 is 19.5 Å². The van der Waals surface area contributed by atoms with Gasteiger partial charge in [-0.2, -0.15) is 0 Å². The van der Waals surface area contributed by atoms with Gasteiger partial charge in [-0.3, -0.25) is 14.9 Å². The van der Waals surface area contributed by atoms with E-state index >= 15 is 0 Å². The summed E-state index contributed by atoms with van der Waals surface area (Å²) < 4.78 is 15.8. The summed E-state index contributed by atoms with van der Waals surface area (Å²) in [6.45, 7) is 1.60. The standard InChI is InChI=1S/C19H20Cl2N2O7/c1-3-29-17-7-12(14(23(26)27)8-16(17)28-2)19(25)22-9-11(24)10-30-15-6-4-5-13(20)18(15)21/h4-8,11,24H,3,9-10H2,1-2H3,(H,22,25). The number of nitro benzene ring substituents is 1. The maximum Gasteiger partial charge on any atom is 0.286 e. The average Bonchev–Trinajstić information content (AvgIpc) is 2.72. The molecule has 0 saturated carbocycles. The number of aliphatic hydroxyl groups is 1. The van der Waals surface area contributed by atoms with E-state index in [-0.39, 0.29) is 47.6 Å². The first-order valence-corrected chi connectivity index (χ1v) is 9.56. The molecule has 0 saturated heterocycles. The van der Waals surface area contributed by atoms with E-state index in [1.807, 2.05) is 0 Å². The molecule has 0 aliphatic heterocycles. The fourth-order valence-corrected chi connectivity index (χ4v) is 2.80. The fourth-order valence-electron chi connectivity index (χ4n) is 2.46. The molecule has 2 N–H and O–H groups in total. The van der Waals surface area contributed by atoms with Gasteiger partial charge in [0.25, 0.3) is 11.6 Å². The molecule has 0 aliphatic carbocycles. The van der Waals surface area contributed by atoms with Gasteiger partial charge >= 0.3 is 0 Å². The lowest BCUT2D eigenvalue weighted by Gasteiger charge is -2.15. The lowest BCUT2D eigenvalue weighted by molar-refractivity contribution is -0.385. The van der Waals surface area contributed by atoms with Crippen molar-refractivity contribution >= 4 is 34.8 Å². The van der Waals surface area contributed by atoms with Gasteiger partial charge in [-0.1, -0.05) is 29.3 Å². The van der Waals surface area contributed by atoms with Gasteiger partial charge in [0.15, 0.2) is 11.5 Å².